The number of nitrogens with one attached hydrogen (secondary N) is 1. The molecule has 1 heterocycles. The molecule has 1 N–H and O–H groups in total. The molecule has 2 aromatic rings. The quantitative estimate of drug-likeness (QED) is 0.432. The van der Waals surface area contributed by atoms with E-state index in [1.807, 2.05) is 22.6 Å². The van der Waals surface area contributed by atoms with E-state index >= 15 is 0 Å². The fourth-order valence-corrected chi connectivity index (χ4v) is 2.55. The van der Waals surface area contributed by atoms with Gasteiger partial charge < -0.3 is 10.1 Å². The van der Waals surface area contributed by atoms with Crippen LogP contribution in [0.1, 0.15) is 15.9 Å². The molecular formula is C14H15IN4O4. The number of anilines is 1. The molecule has 1 amide bonds. The number of non-ortho nitro benzene ring substituents is 1. The number of amides is 1. The van der Waals surface area contributed by atoms with Crippen LogP contribution in [0.25, 0.3) is 0 Å². The van der Waals surface area contributed by atoms with Crippen molar-refractivity contribution in [2.75, 3.05) is 19.0 Å². The summed E-state index contributed by atoms with van der Waals surface area (Å²) in [6, 6.07) is 2.72. The molecular weight excluding hydrogens is 415 g/mol. The summed E-state index contributed by atoms with van der Waals surface area (Å²) in [7, 11) is 1.60. The SMILES string of the molecule is COCCn1cc(NC(=O)c2cc([N+](=O)[O-])cc(I)c2C)cn1. The van der Waals surface area contributed by atoms with Crippen molar-refractivity contribution in [2.24, 2.45) is 0 Å². The van der Waals surface area contributed by atoms with Crippen LogP contribution in [0.15, 0.2) is 24.5 Å². The highest BCUT2D eigenvalue weighted by molar-refractivity contribution is 14.1. The van der Waals surface area contributed by atoms with Crippen molar-refractivity contribution in [3.63, 3.8) is 0 Å². The third-order valence-electron chi connectivity index (χ3n) is 3.20. The molecule has 8 nitrogen and oxygen atoms in total. The Morgan fingerprint density at radius 3 is 2.91 bits per heavy atom. The predicted molar refractivity (Wildman–Crippen MR) is 92.6 cm³/mol. The van der Waals surface area contributed by atoms with Gasteiger partial charge in [-0.15, -0.1) is 0 Å². The summed E-state index contributed by atoms with van der Waals surface area (Å²) in [6.07, 6.45) is 3.19. The molecule has 0 aliphatic carbocycles. The molecule has 0 saturated heterocycles. The van der Waals surface area contributed by atoms with Crippen LogP contribution in [-0.2, 0) is 11.3 Å². The van der Waals surface area contributed by atoms with Crippen molar-refractivity contribution < 1.29 is 14.5 Å². The Balaban J connectivity index is 2.20. The van der Waals surface area contributed by atoms with E-state index in [-0.39, 0.29) is 11.3 Å². The molecule has 23 heavy (non-hydrogen) atoms. The number of hydrogen-bond acceptors (Lipinski definition) is 5. The van der Waals surface area contributed by atoms with Gasteiger partial charge in [0.15, 0.2) is 0 Å². The summed E-state index contributed by atoms with van der Waals surface area (Å²) < 4.78 is 7.26. The zero-order valence-electron chi connectivity index (χ0n) is 12.6. The zero-order chi connectivity index (χ0) is 17.0. The average molecular weight is 430 g/mol. The van der Waals surface area contributed by atoms with Gasteiger partial charge in [-0.25, -0.2) is 0 Å². The van der Waals surface area contributed by atoms with E-state index in [1.165, 1.54) is 18.3 Å². The largest absolute Gasteiger partial charge is 0.383 e. The first-order valence-electron chi connectivity index (χ1n) is 6.69. The maximum absolute atomic E-state index is 12.4. The van der Waals surface area contributed by atoms with Gasteiger partial charge >= 0.3 is 0 Å². The molecule has 9 heteroatoms. The highest BCUT2D eigenvalue weighted by atomic mass is 127. The fraction of sp³-hybridized carbons (Fsp3) is 0.286. The number of carbonyl (C=O) groups excluding carboxylic acids is 1. The van der Waals surface area contributed by atoms with Gasteiger partial charge in [0.2, 0.25) is 0 Å². The standard InChI is InChI=1S/C14H15IN4O4/c1-9-12(5-11(19(21)22)6-13(9)15)14(20)17-10-7-16-18(8-10)3-4-23-2/h5-8H,3-4H2,1-2H3,(H,17,20). The lowest BCUT2D eigenvalue weighted by Gasteiger charge is -2.08. The molecule has 1 aromatic heterocycles. The third-order valence-corrected chi connectivity index (χ3v) is 4.32. The summed E-state index contributed by atoms with van der Waals surface area (Å²) in [5, 5.41) is 17.7. The summed E-state index contributed by atoms with van der Waals surface area (Å²) >= 11 is 1.98. The smallest absolute Gasteiger partial charge is 0.271 e. The number of hydrogen-bond donors (Lipinski definition) is 1. The van der Waals surface area contributed by atoms with E-state index in [0.717, 1.165) is 0 Å². The molecule has 1 aromatic carbocycles. The number of carbonyl (C=O) groups is 1. The molecule has 0 bridgehead atoms. The van der Waals surface area contributed by atoms with Crippen molar-refractivity contribution in [3.05, 3.63) is 49.3 Å². The number of benzene rings is 1. The first-order chi connectivity index (χ1) is 10.9. The predicted octanol–water partition coefficient (Wildman–Crippen LogP) is 2.60. The van der Waals surface area contributed by atoms with Crippen LogP contribution in [0.2, 0.25) is 0 Å². The molecule has 2 rings (SSSR count). The lowest BCUT2D eigenvalue weighted by molar-refractivity contribution is -0.385. The van der Waals surface area contributed by atoms with Gasteiger partial charge in [0, 0.05) is 29.0 Å². The van der Waals surface area contributed by atoms with E-state index in [9.17, 15) is 14.9 Å². The average Bonchev–Trinajstić information content (AvgIpc) is 2.94. The number of ether oxygens (including phenoxy) is 1. The second-order valence-electron chi connectivity index (χ2n) is 4.80. The summed E-state index contributed by atoms with van der Waals surface area (Å²) in [6.45, 7) is 2.83. The Bertz CT molecular complexity index is 744. The lowest BCUT2D eigenvalue weighted by atomic mass is 10.1. The number of halogens is 1. The molecule has 0 aliphatic heterocycles. The molecule has 0 spiro atoms. The van der Waals surface area contributed by atoms with Crippen molar-refractivity contribution in [1.29, 1.82) is 0 Å². The molecule has 0 saturated carbocycles. The third kappa shape index (κ3) is 4.26. The molecule has 122 valence electrons. The Morgan fingerprint density at radius 1 is 1.52 bits per heavy atom. The van der Waals surface area contributed by atoms with Gasteiger partial charge in [0.25, 0.3) is 11.6 Å². The van der Waals surface area contributed by atoms with Crippen LogP contribution in [0.4, 0.5) is 11.4 Å². The van der Waals surface area contributed by atoms with Crippen molar-refractivity contribution in [1.82, 2.24) is 9.78 Å². The first kappa shape index (κ1) is 17.3. The number of aromatic nitrogens is 2. The minimum Gasteiger partial charge on any atom is -0.383 e. The minimum absolute atomic E-state index is 0.110. The van der Waals surface area contributed by atoms with Crippen LogP contribution in [0.5, 0.6) is 0 Å². The van der Waals surface area contributed by atoms with Gasteiger partial charge in [-0.2, -0.15) is 5.10 Å². The van der Waals surface area contributed by atoms with Crippen LogP contribution >= 0.6 is 22.6 Å². The van der Waals surface area contributed by atoms with Gasteiger partial charge in [-0.1, -0.05) is 0 Å². The minimum atomic E-state index is -0.513. The molecule has 0 fully saturated rings. The summed E-state index contributed by atoms with van der Waals surface area (Å²) in [5.41, 5.74) is 1.38. The Hall–Kier alpha value is -2.01. The maximum Gasteiger partial charge on any atom is 0.271 e. The van der Waals surface area contributed by atoms with Crippen molar-refractivity contribution in [2.45, 2.75) is 13.5 Å². The second kappa shape index (κ2) is 7.51. The second-order valence-corrected chi connectivity index (χ2v) is 5.96. The Labute approximate surface area is 146 Å². The molecule has 0 aliphatic rings. The van der Waals surface area contributed by atoms with E-state index in [1.54, 1.807) is 24.9 Å². The summed E-state index contributed by atoms with van der Waals surface area (Å²) in [4.78, 5) is 22.8. The number of nitrogens with zero attached hydrogens (tertiary/aromatic N) is 3. The molecule has 0 atom stereocenters. The van der Waals surface area contributed by atoms with Gasteiger partial charge in [0.05, 0.1) is 35.5 Å². The van der Waals surface area contributed by atoms with E-state index in [4.69, 9.17) is 4.74 Å². The first-order valence-corrected chi connectivity index (χ1v) is 7.77. The van der Waals surface area contributed by atoms with E-state index in [0.29, 0.717) is 28.0 Å². The number of nitro benzene ring substituents is 1. The maximum atomic E-state index is 12.4. The Morgan fingerprint density at radius 2 is 2.26 bits per heavy atom. The van der Waals surface area contributed by atoms with Gasteiger partial charge in [-0.3, -0.25) is 19.6 Å². The normalized spacial score (nSPS) is 10.6. The van der Waals surface area contributed by atoms with E-state index in [2.05, 4.69) is 10.4 Å². The van der Waals surface area contributed by atoms with E-state index < -0.39 is 10.8 Å². The number of methoxy groups -OCH3 is 1. The van der Waals surface area contributed by atoms with Crippen molar-refractivity contribution in [3.8, 4) is 0 Å². The van der Waals surface area contributed by atoms with Crippen LogP contribution in [0.3, 0.4) is 0 Å². The van der Waals surface area contributed by atoms with Crippen LogP contribution in [-0.4, -0.2) is 34.3 Å². The van der Waals surface area contributed by atoms with Crippen LogP contribution < -0.4 is 5.32 Å². The molecule has 0 radical (unpaired) electrons. The fourth-order valence-electron chi connectivity index (χ4n) is 1.94. The lowest BCUT2D eigenvalue weighted by Crippen LogP contribution is -2.14. The number of nitro groups is 1. The zero-order valence-corrected chi connectivity index (χ0v) is 14.7. The van der Waals surface area contributed by atoms with Crippen molar-refractivity contribution >= 4 is 39.9 Å². The summed E-state index contributed by atoms with van der Waals surface area (Å²) in [5.74, 6) is -0.407. The van der Waals surface area contributed by atoms with Crippen LogP contribution in [0, 0.1) is 20.6 Å². The topological polar surface area (TPSA) is 99.3 Å². The number of rotatable bonds is 6. The monoisotopic (exact) mass is 430 g/mol. The highest BCUT2D eigenvalue weighted by Gasteiger charge is 2.18. The highest BCUT2D eigenvalue weighted by Crippen LogP contribution is 2.24. The van der Waals surface area contributed by atoms with Gasteiger partial charge in [-0.05, 0) is 35.1 Å². The molecule has 0 unspecified atom stereocenters. The van der Waals surface area contributed by atoms with Gasteiger partial charge in [0.1, 0.15) is 0 Å². The Kier molecular flexibility index (Phi) is 5.66.